The van der Waals surface area contributed by atoms with Crippen LogP contribution in [0.15, 0.2) is 12.3 Å². The molecule has 1 aromatic heterocycles. The number of esters is 1. The number of hydrogen-bond acceptors (Lipinski definition) is 3. The van der Waals surface area contributed by atoms with Crippen molar-refractivity contribution in [1.82, 2.24) is 4.57 Å². The zero-order chi connectivity index (χ0) is 12.1. The first kappa shape index (κ1) is 12.6. The summed E-state index contributed by atoms with van der Waals surface area (Å²) in [6, 6.07) is 3.53. The Hall–Kier alpha value is -1.47. The molecule has 1 unspecified atom stereocenters. The monoisotopic (exact) mass is 240 g/mol. The predicted octanol–water partition coefficient (Wildman–Crippen LogP) is 2.53. The number of carbonyl (C=O) groups is 1. The summed E-state index contributed by atoms with van der Waals surface area (Å²) in [5.74, 6) is -0.448. The van der Waals surface area contributed by atoms with Gasteiger partial charge in [0, 0.05) is 13.2 Å². The number of ether oxygens (including phenoxy) is 1. The van der Waals surface area contributed by atoms with Gasteiger partial charge in [-0.3, -0.25) is 0 Å². The topological polar surface area (TPSA) is 55.0 Å². The normalized spacial score (nSPS) is 11.9. The van der Waals surface area contributed by atoms with Crippen LogP contribution in [0.2, 0.25) is 5.02 Å². The fourth-order valence-corrected chi connectivity index (χ4v) is 1.56. The van der Waals surface area contributed by atoms with Crippen LogP contribution in [0.3, 0.4) is 0 Å². The van der Waals surface area contributed by atoms with Gasteiger partial charge in [-0.25, -0.2) is 4.79 Å². The van der Waals surface area contributed by atoms with Crippen molar-refractivity contribution in [3.8, 4) is 6.07 Å². The van der Waals surface area contributed by atoms with Crippen molar-refractivity contribution in [3.05, 3.63) is 23.0 Å². The average molecular weight is 241 g/mol. The minimum Gasteiger partial charge on any atom is -0.457 e. The smallest absolute Gasteiger partial charge is 0.355 e. The van der Waals surface area contributed by atoms with Gasteiger partial charge in [-0.1, -0.05) is 18.5 Å². The van der Waals surface area contributed by atoms with Crippen molar-refractivity contribution >= 4 is 17.6 Å². The highest BCUT2D eigenvalue weighted by atomic mass is 35.5. The first-order chi connectivity index (χ1) is 7.58. The van der Waals surface area contributed by atoms with Crippen molar-refractivity contribution in [2.24, 2.45) is 7.05 Å². The Labute approximate surface area is 99.4 Å². The lowest BCUT2D eigenvalue weighted by Crippen LogP contribution is -2.18. The van der Waals surface area contributed by atoms with Gasteiger partial charge < -0.3 is 9.30 Å². The molecule has 5 heteroatoms. The number of hydrogen-bond donors (Lipinski definition) is 0. The summed E-state index contributed by atoms with van der Waals surface area (Å²) < 4.78 is 6.78. The number of rotatable bonds is 4. The van der Waals surface area contributed by atoms with E-state index in [-0.39, 0.29) is 12.5 Å². The molecule has 86 valence electrons. The molecule has 16 heavy (non-hydrogen) atoms. The van der Waals surface area contributed by atoms with E-state index in [1.807, 2.05) is 13.0 Å². The Bertz CT molecular complexity index is 420. The summed E-state index contributed by atoms with van der Waals surface area (Å²) in [7, 11) is 1.72. The summed E-state index contributed by atoms with van der Waals surface area (Å²) >= 11 is 5.76. The van der Waals surface area contributed by atoms with Gasteiger partial charge in [0.25, 0.3) is 0 Å². The van der Waals surface area contributed by atoms with Crippen molar-refractivity contribution in [3.63, 3.8) is 0 Å². The van der Waals surface area contributed by atoms with Gasteiger partial charge in [0.2, 0.25) is 0 Å². The molecule has 4 nitrogen and oxygen atoms in total. The van der Waals surface area contributed by atoms with Crippen LogP contribution in [-0.2, 0) is 11.8 Å². The molecule has 1 atom stereocenters. The van der Waals surface area contributed by atoms with Gasteiger partial charge in [-0.15, -0.1) is 0 Å². The van der Waals surface area contributed by atoms with Gasteiger partial charge in [-0.2, -0.15) is 5.26 Å². The molecule has 1 aromatic rings. The maximum absolute atomic E-state index is 11.7. The minimum atomic E-state index is -0.448. The Morgan fingerprint density at radius 2 is 2.44 bits per heavy atom. The lowest BCUT2D eigenvalue weighted by molar-refractivity contribution is 0.0292. The zero-order valence-electron chi connectivity index (χ0n) is 9.24. The highest BCUT2D eigenvalue weighted by molar-refractivity contribution is 6.30. The van der Waals surface area contributed by atoms with E-state index in [0.717, 1.165) is 0 Å². The highest BCUT2D eigenvalue weighted by Gasteiger charge is 2.17. The SMILES string of the molecule is CCC(CC#N)OC(=O)c1cc(Cl)cn1C. The van der Waals surface area contributed by atoms with Crippen molar-refractivity contribution in [2.45, 2.75) is 25.9 Å². The van der Waals surface area contributed by atoms with Crippen LogP contribution in [0.5, 0.6) is 0 Å². The Balaban J connectivity index is 2.72. The quantitative estimate of drug-likeness (QED) is 0.760. The molecule has 0 saturated heterocycles. The van der Waals surface area contributed by atoms with E-state index in [4.69, 9.17) is 21.6 Å². The number of nitriles is 1. The summed E-state index contributed by atoms with van der Waals surface area (Å²) in [6.45, 7) is 1.87. The summed E-state index contributed by atoms with van der Waals surface area (Å²) in [5.41, 5.74) is 0.390. The molecule has 0 bridgehead atoms. The fraction of sp³-hybridized carbons (Fsp3) is 0.455. The van der Waals surface area contributed by atoms with Gasteiger partial charge >= 0.3 is 5.97 Å². The van der Waals surface area contributed by atoms with Crippen molar-refractivity contribution in [2.75, 3.05) is 0 Å². The molecule has 0 aliphatic carbocycles. The molecule has 0 saturated carbocycles. The van der Waals surface area contributed by atoms with Gasteiger partial charge in [0.05, 0.1) is 17.5 Å². The van der Waals surface area contributed by atoms with Crippen LogP contribution in [0.4, 0.5) is 0 Å². The predicted molar refractivity (Wildman–Crippen MR) is 60.1 cm³/mol. The third-order valence-electron chi connectivity index (χ3n) is 2.23. The third kappa shape index (κ3) is 3.01. The molecule has 1 rings (SSSR count). The second-order valence-electron chi connectivity index (χ2n) is 3.45. The zero-order valence-corrected chi connectivity index (χ0v) is 9.99. The van der Waals surface area contributed by atoms with E-state index in [1.54, 1.807) is 23.9 Å². The van der Waals surface area contributed by atoms with Crippen LogP contribution < -0.4 is 0 Å². The van der Waals surface area contributed by atoms with Gasteiger partial charge in [0.1, 0.15) is 11.8 Å². The van der Waals surface area contributed by atoms with E-state index >= 15 is 0 Å². The molecular weight excluding hydrogens is 228 g/mol. The van der Waals surface area contributed by atoms with E-state index in [0.29, 0.717) is 17.1 Å². The molecule has 0 amide bonds. The van der Waals surface area contributed by atoms with Crippen molar-refractivity contribution < 1.29 is 9.53 Å². The number of aryl methyl sites for hydroxylation is 1. The Morgan fingerprint density at radius 3 is 2.88 bits per heavy atom. The second-order valence-corrected chi connectivity index (χ2v) is 3.89. The van der Waals surface area contributed by atoms with E-state index in [9.17, 15) is 4.79 Å². The lowest BCUT2D eigenvalue weighted by Gasteiger charge is -2.12. The van der Waals surface area contributed by atoms with Crippen LogP contribution in [0, 0.1) is 11.3 Å². The number of nitrogens with zero attached hydrogens (tertiary/aromatic N) is 2. The summed E-state index contributed by atoms with van der Waals surface area (Å²) in [5, 5.41) is 9.03. The summed E-state index contributed by atoms with van der Waals surface area (Å²) in [6.07, 6.45) is 2.10. The standard InChI is InChI=1S/C11H13ClN2O2/c1-3-9(4-5-13)16-11(15)10-6-8(12)7-14(10)2/h6-7,9H,3-4H2,1-2H3. The first-order valence-corrected chi connectivity index (χ1v) is 5.36. The number of halogens is 1. The molecule has 0 radical (unpaired) electrons. The van der Waals surface area contributed by atoms with Gasteiger partial charge in [0.15, 0.2) is 0 Å². The second kappa shape index (κ2) is 5.57. The van der Waals surface area contributed by atoms with Crippen LogP contribution >= 0.6 is 11.6 Å². The maximum Gasteiger partial charge on any atom is 0.355 e. The van der Waals surface area contributed by atoms with Crippen LogP contribution in [0.25, 0.3) is 0 Å². The third-order valence-corrected chi connectivity index (χ3v) is 2.44. The molecule has 0 fully saturated rings. The van der Waals surface area contributed by atoms with E-state index < -0.39 is 5.97 Å². The first-order valence-electron chi connectivity index (χ1n) is 4.98. The van der Waals surface area contributed by atoms with E-state index in [1.165, 1.54) is 0 Å². The molecule has 0 N–H and O–H groups in total. The molecule has 0 spiro atoms. The molecule has 1 heterocycles. The number of aromatic nitrogens is 1. The Kier molecular flexibility index (Phi) is 4.39. The van der Waals surface area contributed by atoms with Gasteiger partial charge in [-0.05, 0) is 12.5 Å². The lowest BCUT2D eigenvalue weighted by atomic mass is 10.2. The summed E-state index contributed by atoms with van der Waals surface area (Å²) in [4.78, 5) is 11.7. The fourth-order valence-electron chi connectivity index (χ4n) is 1.31. The molecule has 0 aliphatic rings. The molecule has 0 aliphatic heterocycles. The minimum absolute atomic E-state index is 0.209. The average Bonchev–Trinajstić information content (AvgIpc) is 2.57. The van der Waals surface area contributed by atoms with E-state index in [2.05, 4.69) is 0 Å². The maximum atomic E-state index is 11.7. The molecular formula is C11H13ClN2O2. The highest BCUT2D eigenvalue weighted by Crippen LogP contribution is 2.15. The largest absolute Gasteiger partial charge is 0.457 e. The molecule has 0 aromatic carbocycles. The van der Waals surface area contributed by atoms with Crippen LogP contribution in [-0.4, -0.2) is 16.6 Å². The van der Waals surface area contributed by atoms with Crippen LogP contribution in [0.1, 0.15) is 30.3 Å². The Morgan fingerprint density at radius 1 is 1.75 bits per heavy atom. The van der Waals surface area contributed by atoms with Crippen molar-refractivity contribution in [1.29, 1.82) is 5.26 Å². The number of carbonyl (C=O) groups excluding carboxylic acids is 1.